The van der Waals surface area contributed by atoms with Crippen LogP contribution in [0.1, 0.15) is 44.6 Å². The average Bonchev–Trinajstić information content (AvgIpc) is 2.93. The van der Waals surface area contributed by atoms with Crippen LogP contribution >= 0.6 is 0 Å². The zero-order valence-electron chi connectivity index (χ0n) is 14.7. The number of carbonyl (C=O) groups is 2. The summed E-state index contributed by atoms with van der Waals surface area (Å²) >= 11 is 0. The van der Waals surface area contributed by atoms with Crippen LogP contribution in [-0.4, -0.2) is 41.4 Å². The molecule has 1 atom stereocenters. The number of aliphatic imine (C=N–C) groups is 1. The monoisotopic (exact) mass is 343 g/mol. The first kappa shape index (κ1) is 17.5. The number of amides is 2. The topological polar surface area (TPSA) is 71.0 Å². The van der Waals surface area contributed by atoms with Crippen molar-refractivity contribution < 1.29 is 14.3 Å². The molecule has 0 saturated carbocycles. The van der Waals surface area contributed by atoms with Gasteiger partial charge in [-0.05, 0) is 24.8 Å². The van der Waals surface area contributed by atoms with Gasteiger partial charge in [-0.25, -0.2) is 4.79 Å². The first-order chi connectivity index (χ1) is 12.1. The van der Waals surface area contributed by atoms with Crippen LogP contribution in [0.25, 0.3) is 0 Å². The number of hydrogen-bond acceptors (Lipinski definition) is 4. The minimum absolute atomic E-state index is 0.0841. The molecule has 1 fully saturated rings. The van der Waals surface area contributed by atoms with Crippen LogP contribution in [0, 0.1) is 0 Å². The number of piperidine rings is 1. The number of carbonyl (C=O) groups excluding carboxylic acids is 2. The normalized spacial score (nSPS) is 22.7. The fraction of sp³-hybridized carbons (Fsp3) is 0.526. The molecule has 1 spiro atoms. The number of ether oxygens (including phenoxy) is 1. The minimum Gasteiger partial charge on any atom is -0.445 e. The summed E-state index contributed by atoms with van der Waals surface area (Å²) in [4.78, 5) is 31.1. The summed E-state index contributed by atoms with van der Waals surface area (Å²) in [6.07, 6.45) is 3.88. The van der Waals surface area contributed by atoms with Gasteiger partial charge < -0.3 is 15.0 Å². The summed E-state index contributed by atoms with van der Waals surface area (Å²) < 4.78 is 5.40. The standard InChI is InChI=1S/C19H25N3O3/c1-2-3-10-16-20-17(23)19(21-16)11-7-12-22(14-19)18(24)25-13-15-8-5-4-6-9-15/h4-6,8-9H,2-3,7,10-14H2,1H3,(H,20,21,23). The van der Waals surface area contributed by atoms with Crippen molar-refractivity contribution in [1.29, 1.82) is 0 Å². The molecule has 0 aliphatic carbocycles. The summed E-state index contributed by atoms with van der Waals surface area (Å²) in [5.41, 5.74) is 0.119. The van der Waals surface area contributed by atoms with E-state index in [4.69, 9.17) is 4.74 Å². The lowest BCUT2D eigenvalue weighted by Crippen LogP contribution is -2.54. The highest BCUT2D eigenvalue weighted by atomic mass is 16.6. The molecule has 2 heterocycles. The molecule has 3 rings (SSSR count). The van der Waals surface area contributed by atoms with Gasteiger partial charge >= 0.3 is 6.09 Å². The molecule has 134 valence electrons. The van der Waals surface area contributed by atoms with Gasteiger partial charge in [-0.2, -0.15) is 0 Å². The summed E-state index contributed by atoms with van der Waals surface area (Å²) in [7, 11) is 0. The predicted molar refractivity (Wildman–Crippen MR) is 95.3 cm³/mol. The van der Waals surface area contributed by atoms with Crippen LogP contribution in [0.15, 0.2) is 35.3 Å². The smallest absolute Gasteiger partial charge is 0.410 e. The fourth-order valence-corrected chi connectivity index (χ4v) is 3.33. The van der Waals surface area contributed by atoms with E-state index in [1.807, 2.05) is 30.3 Å². The lowest BCUT2D eigenvalue weighted by Gasteiger charge is -2.35. The highest BCUT2D eigenvalue weighted by Crippen LogP contribution is 2.29. The highest BCUT2D eigenvalue weighted by Gasteiger charge is 2.47. The second kappa shape index (κ2) is 7.68. The number of likely N-dealkylation sites (tertiary alicyclic amines) is 1. The Balaban J connectivity index is 1.61. The van der Waals surface area contributed by atoms with Crippen LogP contribution < -0.4 is 5.32 Å². The van der Waals surface area contributed by atoms with Crippen LogP contribution in [0.5, 0.6) is 0 Å². The van der Waals surface area contributed by atoms with Gasteiger partial charge in [0.15, 0.2) is 5.54 Å². The molecule has 2 aliphatic heterocycles. The quantitative estimate of drug-likeness (QED) is 0.893. The number of benzene rings is 1. The van der Waals surface area contributed by atoms with Gasteiger partial charge in [0.1, 0.15) is 12.4 Å². The van der Waals surface area contributed by atoms with Gasteiger partial charge in [-0.1, -0.05) is 43.7 Å². The third kappa shape index (κ3) is 4.00. The molecular formula is C19H25N3O3. The Bertz CT molecular complexity index is 659. The molecule has 1 aromatic rings. The van der Waals surface area contributed by atoms with Crippen molar-refractivity contribution >= 4 is 17.8 Å². The summed E-state index contributed by atoms with van der Waals surface area (Å²) in [6.45, 7) is 3.24. The molecule has 1 aromatic carbocycles. The second-order valence-electron chi connectivity index (χ2n) is 6.71. The van der Waals surface area contributed by atoms with E-state index in [9.17, 15) is 9.59 Å². The van der Waals surface area contributed by atoms with Crippen molar-refractivity contribution in [3.63, 3.8) is 0 Å². The largest absolute Gasteiger partial charge is 0.445 e. The lowest BCUT2D eigenvalue weighted by molar-refractivity contribution is -0.125. The summed E-state index contributed by atoms with van der Waals surface area (Å²) in [5.74, 6) is 0.672. The SMILES string of the molecule is CCCCC1=NC2(CCCN(C(=O)OCc3ccccc3)C2)C(=O)N1. The minimum atomic E-state index is -0.826. The van der Waals surface area contributed by atoms with E-state index in [0.29, 0.717) is 19.5 Å². The zero-order valence-corrected chi connectivity index (χ0v) is 14.7. The molecule has 0 bridgehead atoms. The Labute approximate surface area is 148 Å². The van der Waals surface area contributed by atoms with Crippen LogP contribution in [0.2, 0.25) is 0 Å². The van der Waals surface area contributed by atoms with Gasteiger partial charge in [0.2, 0.25) is 0 Å². The molecule has 0 aromatic heterocycles. The van der Waals surface area contributed by atoms with Crippen LogP contribution in [0.3, 0.4) is 0 Å². The van der Waals surface area contributed by atoms with E-state index in [1.54, 1.807) is 4.90 Å². The van der Waals surface area contributed by atoms with Gasteiger partial charge in [-0.15, -0.1) is 0 Å². The summed E-state index contributed by atoms with van der Waals surface area (Å²) in [6, 6.07) is 9.58. The van der Waals surface area contributed by atoms with E-state index >= 15 is 0 Å². The van der Waals surface area contributed by atoms with E-state index in [-0.39, 0.29) is 18.6 Å². The Hall–Kier alpha value is -2.37. The molecule has 1 unspecified atom stereocenters. The zero-order chi connectivity index (χ0) is 17.7. The molecule has 1 N–H and O–H groups in total. The third-order valence-electron chi connectivity index (χ3n) is 4.73. The molecule has 2 amide bonds. The predicted octanol–water partition coefficient (Wildman–Crippen LogP) is 2.88. The molecular weight excluding hydrogens is 318 g/mol. The fourth-order valence-electron chi connectivity index (χ4n) is 3.33. The van der Waals surface area contributed by atoms with Gasteiger partial charge in [0, 0.05) is 13.0 Å². The van der Waals surface area contributed by atoms with Gasteiger partial charge in [0.25, 0.3) is 5.91 Å². The molecule has 2 aliphatic rings. The van der Waals surface area contributed by atoms with E-state index in [2.05, 4.69) is 17.2 Å². The first-order valence-corrected chi connectivity index (χ1v) is 8.99. The maximum absolute atomic E-state index is 12.5. The van der Waals surface area contributed by atoms with Crippen molar-refractivity contribution in [2.24, 2.45) is 4.99 Å². The van der Waals surface area contributed by atoms with Crippen molar-refractivity contribution in [2.45, 2.75) is 51.2 Å². The third-order valence-corrected chi connectivity index (χ3v) is 4.73. The number of nitrogens with zero attached hydrogens (tertiary/aromatic N) is 2. The van der Waals surface area contributed by atoms with Crippen LogP contribution in [-0.2, 0) is 16.1 Å². The number of rotatable bonds is 5. The maximum Gasteiger partial charge on any atom is 0.410 e. The second-order valence-corrected chi connectivity index (χ2v) is 6.71. The molecule has 6 heteroatoms. The van der Waals surface area contributed by atoms with Crippen molar-refractivity contribution in [2.75, 3.05) is 13.1 Å². The van der Waals surface area contributed by atoms with E-state index in [0.717, 1.165) is 37.1 Å². The van der Waals surface area contributed by atoms with Crippen LogP contribution in [0.4, 0.5) is 4.79 Å². The molecule has 0 radical (unpaired) electrons. The summed E-state index contributed by atoms with van der Waals surface area (Å²) in [5, 5.41) is 2.90. The van der Waals surface area contributed by atoms with Gasteiger partial charge in [-0.3, -0.25) is 9.79 Å². The van der Waals surface area contributed by atoms with Crippen molar-refractivity contribution in [1.82, 2.24) is 10.2 Å². The molecule has 6 nitrogen and oxygen atoms in total. The Morgan fingerprint density at radius 1 is 1.36 bits per heavy atom. The maximum atomic E-state index is 12.5. The highest BCUT2D eigenvalue weighted by molar-refractivity contribution is 6.08. The van der Waals surface area contributed by atoms with E-state index in [1.165, 1.54) is 0 Å². The average molecular weight is 343 g/mol. The number of amidine groups is 1. The Morgan fingerprint density at radius 2 is 2.16 bits per heavy atom. The molecule has 25 heavy (non-hydrogen) atoms. The van der Waals surface area contributed by atoms with Gasteiger partial charge in [0.05, 0.1) is 6.54 Å². The van der Waals surface area contributed by atoms with Crippen molar-refractivity contribution in [3.8, 4) is 0 Å². The van der Waals surface area contributed by atoms with Crippen molar-refractivity contribution in [3.05, 3.63) is 35.9 Å². The number of nitrogens with one attached hydrogen (secondary N) is 1. The number of unbranched alkanes of at least 4 members (excludes halogenated alkanes) is 1. The van der Waals surface area contributed by atoms with E-state index < -0.39 is 5.54 Å². The first-order valence-electron chi connectivity index (χ1n) is 8.99. The lowest BCUT2D eigenvalue weighted by atomic mass is 9.90. The Kier molecular flexibility index (Phi) is 5.36. The number of hydrogen-bond donors (Lipinski definition) is 1. The molecule has 1 saturated heterocycles. The Morgan fingerprint density at radius 3 is 2.92 bits per heavy atom.